The minimum atomic E-state index is -1.12. The Morgan fingerprint density at radius 1 is 0.827 bits per heavy atom. The molecule has 0 saturated heterocycles. The molecule has 26 heteroatoms. The lowest BCUT2D eigenvalue weighted by Crippen LogP contribution is -2.60. The lowest BCUT2D eigenvalue weighted by molar-refractivity contribution is -0.923. The minimum Gasteiger partial charge on any atom is -0.476 e. The number of urea groups is 1. The second-order valence-corrected chi connectivity index (χ2v) is 30.6. The predicted molar refractivity (Wildman–Crippen MR) is 373 cm³/mol. The van der Waals surface area contributed by atoms with Crippen LogP contribution >= 0.6 is 11.3 Å². The molecule has 7 amide bonds. The van der Waals surface area contributed by atoms with E-state index in [0.717, 1.165) is 113 Å². The number of hydrogen-bond donors (Lipinski definition) is 8. The molecule has 4 aliphatic carbocycles. The maximum Gasteiger partial charge on any atom is 0.355 e. The molecular weight excluding hydrogens is 1270 g/mol. The summed E-state index contributed by atoms with van der Waals surface area (Å²) in [4.78, 5) is 102. The highest BCUT2D eigenvalue weighted by molar-refractivity contribution is 7.22. The number of benzene rings is 2. The number of hydrogen-bond acceptors (Lipinski definition) is 17. The zero-order chi connectivity index (χ0) is 69.7. The van der Waals surface area contributed by atoms with E-state index in [0.29, 0.717) is 59.1 Å². The molecule has 4 fully saturated rings. The average Bonchev–Trinajstić information content (AvgIpc) is 0.918. The average molecular weight is 1360 g/mol. The zero-order valence-electron chi connectivity index (χ0n) is 57.4. The Bertz CT molecular complexity index is 3950. The number of pyridine rings is 1. The van der Waals surface area contributed by atoms with Crippen molar-refractivity contribution in [1.29, 1.82) is 0 Å². The number of amides is 7. The third-order valence-electron chi connectivity index (χ3n) is 20.7. The number of primary amides is 1. The number of ether oxygens (including phenoxy) is 1. The van der Waals surface area contributed by atoms with Crippen LogP contribution in [0.15, 0.2) is 79.0 Å². The van der Waals surface area contributed by atoms with E-state index < -0.39 is 53.6 Å². The van der Waals surface area contributed by atoms with E-state index in [1.165, 1.54) is 31.4 Å². The van der Waals surface area contributed by atoms with Gasteiger partial charge in [0.05, 0.1) is 56.3 Å². The molecule has 2 aromatic carbocycles. The van der Waals surface area contributed by atoms with Gasteiger partial charge in [-0.3, -0.25) is 33.6 Å². The number of rotatable bonds is 32. The van der Waals surface area contributed by atoms with Gasteiger partial charge in [0.2, 0.25) is 17.7 Å². The van der Waals surface area contributed by atoms with Crippen molar-refractivity contribution in [3.8, 4) is 11.1 Å². The van der Waals surface area contributed by atoms with Crippen molar-refractivity contribution < 1.29 is 53.0 Å². The Kier molecular flexibility index (Phi) is 21.2. The number of carbonyl (C=O) groups excluding carboxylic acids is 6. The highest BCUT2D eigenvalue weighted by Crippen LogP contribution is 2.75. The summed E-state index contributed by atoms with van der Waals surface area (Å²) in [5.74, 6) is -2.03. The normalized spacial score (nSPS) is 22.1. The molecule has 4 saturated carbocycles. The molecule has 9 N–H and O–H groups in total. The first-order valence-corrected chi connectivity index (χ1v) is 35.2. The summed E-state index contributed by atoms with van der Waals surface area (Å²) in [5, 5.41) is 50.6. The van der Waals surface area contributed by atoms with Gasteiger partial charge in [-0.2, -0.15) is 5.10 Å². The number of aliphatic hydroxyl groups is 1. The number of carbonyl (C=O) groups is 7. The number of carboxylic acid groups (broad SMARTS) is 1. The highest BCUT2D eigenvalue weighted by Gasteiger charge is 2.65. The molecule has 98 heavy (non-hydrogen) atoms. The number of quaternary nitrogens is 1. The van der Waals surface area contributed by atoms with Gasteiger partial charge in [0, 0.05) is 90.4 Å². The highest BCUT2D eigenvalue weighted by atomic mass is 32.1. The van der Waals surface area contributed by atoms with Crippen LogP contribution in [-0.2, 0) is 48.2 Å². The Hall–Kier alpha value is -8.72. The number of aliphatic hydroxyl groups excluding tert-OH is 1. The van der Waals surface area contributed by atoms with Crippen LogP contribution in [0, 0.1) is 41.4 Å². The summed E-state index contributed by atoms with van der Waals surface area (Å²) in [7, 11) is 2.26. The van der Waals surface area contributed by atoms with Crippen molar-refractivity contribution >= 4 is 91.4 Å². The monoisotopic (exact) mass is 1360 g/mol. The maximum absolute atomic E-state index is 14.0. The summed E-state index contributed by atoms with van der Waals surface area (Å²) in [6.07, 6.45) is 15.8. The van der Waals surface area contributed by atoms with E-state index in [1.807, 2.05) is 78.7 Å². The van der Waals surface area contributed by atoms with Crippen LogP contribution in [0.3, 0.4) is 0 Å². The summed E-state index contributed by atoms with van der Waals surface area (Å²) >= 11 is 1.56. The first-order chi connectivity index (χ1) is 46.8. The Morgan fingerprint density at radius 2 is 1.55 bits per heavy atom. The van der Waals surface area contributed by atoms with Crippen LogP contribution in [0.1, 0.15) is 144 Å². The molecule has 0 radical (unpaired) electrons. The van der Waals surface area contributed by atoms with E-state index >= 15 is 0 Å². The largest absolute Gasteiger partial charge is 0.476 e. The lowest BCUT2D eigenvalue weighted by atomic mass is 9.35. The number of anilines is 5. The quantitative estimate of drug-likeness (QED) is 0.0111. The number of para-hydroxylation sites is 1. The number of carboxylic acids is 1. The Labute approximate surface area is 575 Å². The van der Waals surface area contributed by atoms with Crippen molar-refractivity contribution in [3.05, 3.63) is 107 Å². The molecule has 2 aliphatic heterocycles. The minimum absolute atomic E-state index is 0.00227. The molecule has 3 unspecified atom stereocenters. The second kappa shape index (κ2) is 29.4. The van der Waals surface area contributed by atoms with Gasteiger partial charge in [-0.25, -0.2) is 19.6 Å². The molecular formula is C72H94N15O10S+. The topological polar surface area (TPSA) is 331 Å². The Balaban J connectivity index is 0.717. The predicted octanol–water partition coefficient (Wildman–Crippen LogP) is 9.01. The zero-order valence-corrected chi connectivity index (χ0v) is 58.2. The van der Waals surface area contributed by atoms with E-state index in [-0.39, 0.29) is 79.0 Å². The maximum atomic E-state index is 14.0. The second-order valence-electron chi connectivity index (χ2n) is 29.6. The lowest BCUT2D eigenvalue weighted by Gasteiger charge is -2.70. The van der Waals surface area contributed by atoms with Crippen molar-refractivity contribution in [3.63, 3.8) is 0 Å². The Morgan fingerprint density at radius 3 is 2.26 bits per heavy atom. The van der Waals surface area contributed by atoms with Crippen LogP contribution in [0.5, 0.6) is 0 Å². The standard InChI is InChI=1S/C72H93N15O10S/c1-45(2)60(80-57(89)26-34-97-35-30-85-58(90)24-25-59(85)91)65(93)77-54(16-10-28-74-67(73)96)64(92)76-49-20-18-48(19-21-49)37-87(7,32-13-33-88)31-12-27-71-39-69(5)38-70(6,40-71)42-72(41-69,43-71)44-86-47(4)52(36-75-86)51-22-23-56(79-61(51)66(94)95)84-29-11-14-50-46(3)62(82-83-63(50)84)81-68-78-53-15-8-9-17-55(53)98-68/h8-9,15,17-25,36,45,54,60,88H,10-14,16,26-35,37-44H2,1-7H3,(H7-,73,74,76,77,78,80,81,82,89,92,93,94,95,96)/p+1/t54-,60-,69?,70?,71?,72?,87?/m0/s1. The van der Waals surface area contributed by atoms with E-state index in [4.69, 9.17) is 30.6 Å². The molecule has 12 rings (SSSR count). The van der Waals surface area contributed by atoms with Crippen molar-refractivity contribution in [1.82, 2.24) is 50.8 Å². The van der Waals surface area contributed by atoms with Crippen LogP contribution < -0.4 is 37.2 Å². The van der Waals surface area contributed by atoms with Gasteiger partial charge in [0.1, 0.15) is 24.4 Å². The van der Waals surface area contributed by atoms with Crippen LogP contribution in [-0.4, -0.2) is 163 Å². The summed E-state index contributed by atoms with van der Waals surface area (Å²) in [6.45, 7) is 16.7. The molecule has 5 atom stereocenters. The number of nitrogens with zero attached hydrogens (tertiary/aromatic N) is 9. The fourth-order valence-corrected chi connectivity index (χ4v) is 18.4. The van der Waals surface area contributed by atoms with Crippen LogP contribution in [0.25, 0.3) is 21.3 Å². The van der Waals surface area contributed by atoms with Crippen molar-refractivity contribution in [2.75, 3.05) is 75.1 Å². The molecule has 0 spiro atoms. The van der Waals surface area contributed by atoms with Gasteiger partial charge in [-0.1, -0.05) is 63.3 Å². The van der Waals surface area contributed by atoms with E-state index in [2.05, 4.69) is 64.2 Å². The van der Waals surface area contributed by atoms with Gasteiger partial charge >= 0.3 is 12.0 Å². The summed E-state index contributed by atoms with van der Waals surface area (Å²) in [6, 6.07) is 16.7. The third kappa shape index (κ3) is 16.2. The molecule has 522 valence electrons. The number of thiazole rings is 1. The van der Waals surface area contributed by atoms with Crippen molar-refractivity contribution in [2.45, 2.75) is 157 Å². The third-order valence-corrected chi connectivity index (χ3v) is 21.7. The first-order valence-electron chi connectivity index (χ1n) is 34.4. The smallest absolute Gasteiger partial charge is 0.355 e. The number of nitrogens with one attached hydrogen (secondary N) is 5. The fourth-order valence-electron chi connectivity index (χ4n) is 17.6. The molecule has 4 aromatic heterocycles. The van der Waals surface area contributed by atoms with Gasteiger partial charge in [0.25, 0.3) is 11.8 Å². The van der Waals surface area contributed by atoms with E-state index in [9.17, 15) is 43.8 Å². The first kappa shape index (κ1) is 70.6. The van der Waals surface area contributed by atoms with Gasteiger partial charge in [-0.05, 0) is 155 Å². The van der Waals surface area contributed by atoms with Crippen LogP contribution in [0.2, 0.25) is 0 Å². The number of nitrogens with two attached hydrogens (primary N) is 1. The number of aromatic nitrogens is 6. The van der Waals surface area contributed by atoms with Crippen LogP contribution in [0.4, 0.5) is 33.1 Å². The summed E-state index contributed by atoms with van der Waals surface area (Å²) < 4.78 is 9.42. The summed E-state index contributed by atoms with van der Waals surface area (Å²) in [5.41, 5.74) is 12.4. The van der Waals surface area contributed by atoms with Gasteiger partial charge in [0.15, 0.2) is 22.5 Å². The molecule has 6 aliphatic rings. The van der Waals surface area contributed by atoms with Gasteiger partial charge < -0.3 is 56.7 Å². The molecule has 4 bridgehead atoms. The van der Waals surface area contributed by atoms with Crippen molar-refractivity contribution in [2.24, 2.45) is 33.3 Å². The number of fused-ring (bicyclic) bond motifs is 2. The molecule has 6 heterocycles. The fraction of sp³-hybridized carbons (Fsp3) is 0.528. The molecule has 6 aromatic rings. The van der Waals surface area contributed by atoms with Gasteiger partial charge in [-0.15, -0.1) is 10.2 Å². The van der Waals surface area contributed by atoms with E-state index in [1.54, 1.807) is 25.2 Å². The molecule has 25 nitrogen and oxygen atoms in total. The number of imide groups is 1. The number of aromatic carboxylic acids is 1. The SMILES string of the molecule is Cc1c(Nc2nc3ccccc3s2)nnc2c1CCCN2c1ccc(-c2cnn(CC34CC5(C)CC(C)(CC(CCC[N+](C)(CCCO)Cc6ccc(NC(=O)[C@H](CCCNC(N)=O)NC(=O)[C@@H](NC(=O)CCOCCN7C(=O)C=CC7=O)C(C)C)cc6)(C5)C3)C4)c2C)c(C(=O)O)n1.